The molecule has 4 nitrogen and oxygen atoms in total. The maximum atomic E-state index is 10.1. The third-order valence-electron chi connectivity index (χ3n) is 22.5. The van der Waals surface area contributed by atoms with Crippen molar-refractivity contribution in [3.63, 3.8) is 0 Å². The fraction of sp³-hybridized carbons (Fsp3) is 0.217. The molecular weight excluding hydrogens is 1170 g/mol. The minimum Gasteiger partial charge on any atom is -0.334 e. The maximum absolute atomic E-state index is 10.1. The Hall–Kier alpha value is -10.1. The quantitative estimate of drug-likeness (QED) is 0.106. The molecule has 0 bridgehead atoms. The Kier molecular flexibility index (Phi) is 13.0. The van der Waals surface area contributed by atoms with E-state index in [2.05, 4.69) is 303 Å². The monoisotopic (exact) mass is 1260 g/mol. The highest BCUT2D eigenvalue weighted by molar-refractivity contribution is 7.00. The number of anilines is 5. The Labute approximate surface area is 579 Å². The molecule has 5 heteroatoms. The van der Waals surface area contributed by atoms with Crippen LogP contribution in [0.25, 0.3) is 88.4 Å². The Morgan fingerprint density at radius 1 is 0.485 bits per heavy atom. The second-order valence-electron chi connectivity index (χ2n) is 30.1. The lowest BCUT2D eigenvalue weighted by molar-refractivity contribution is 0.220. The van der Waals surface area contributed by atoms with Crippen molar-refractivity contribution in [2.24, 2.45) is 23.2 Å². The van der Waals surface area contributed by atoms with Crippen LogP contribution in [-0.2, 0) is 5.41 Å². The average Bonchev–Trinajstić information content (AvgIpc) is 0.796. The van der Waals surface area contributed by atoms with Gasteiger partial charge in [-0.25, -0.2) is 0 Å². The van der Waals surface area contributed by atoms with Crippen molar-refractivity contribution in [2.45, 2.75) is 104 Å². The maximum Gasteiger partial charge on any atom is 0.252 e. The van der Waals surface area contributed by atoms with E-state index >= 15 is 0 Å². The number of nitrogens with zero attached hydrogens (tertiary/aromatic N) is 4. The summed E-state index contributed by atoms with van der Waals surface area (Å²) in [5.74, 6) is 0.671. The minimum atomic E-state index is -0.413. The van der Waals surface area contributed by atoms with Gasteiger partial charge in [0.25, 0.3) is 6.71 Å². The Bertz CT molecular complexity index is 5490. The first kappa shape index (κ1) is 54.1. The number of aromatic nitrogens is 2. The van der Waals surface area contributed by atoms with Gasteiger partial charge >= 0.3 is 0 Å². The normalized spacial score (nSPS) is 19.2. The molecule has 4 heterocycles. The zero-order chi connectivity index (χ0) is 69.6. The van der Waals surface area contributed by atoms with Crippen molar-refractivity contribution in [1.82, 2.24) is 9.13 Å². The minimum absolute atomic E-state index is 0.0271. The molecule has 474 valence electrons. The van der Waals surface area contributed by atoms with Gasteiger partial charge < -0.3 is 18.9 Å². The molecule has 18 rings (SSSR count). The number of para-hydroxylation sites is 4. The number of hydrogen-bond donors (Lipinski definition) is 0. The molecule has 0 radical (unpaired) electrons. The number of fused-ring (bicyclic) bond motifs is 10. The summed E-state index contributed by atoms with van der Waals surface area (Å²) < 4.78 is 53.3. The van der Waals surface area contributed by atoms with Gasteiger partial charge in [0.2, 0.25) is 0 Å². The van der Waals surface area contributed by atoms with Gasteiger partial charge in [0.05, 0.1) is 40.6 Å². The van der Waals surface area contributed by atoms with E-state index in [9.17, 15) is 5.48 Å². The molecule has 0 amide bonds. The average molecular weight is 1260 g/mol. The molecule has 0 saturated carbocycles. The van der Waals surface area contributed by atoms with E-state index in [1.807, 2.05) is 0 Å². The summed E-state index contributed by atoms with van der Waals surface area (Å²) in [5.41, 5.74) is 23.9. The van der Waals surface area contributed by atoms with Gasteiger partial charge in [-0.2, -0.15) is 0 Å². The molecule has 0 saturated heterocycles. The van der Waals surface area contributed by atoms with Crippen LogP contribution < -0.4 is 26.2 Å². The lowest BCUT2D eigenvalue weighted by Gasteiger charge is -2.53. The number of rotatable bonds is 9. The van der Waals surface area contributed by atoms with Gasteiger partial charge in [-0.3, -0.25) is 0 Å². The van der Waals surface area contributed by atoms with Crippen molar-refractivity contribution < 1.29 is 6.85 Å². The first-order chi connectivity index (χ1) is 49.5. The van der Waals surface area contributed by atoms with E-state index in [1.54, 1.807) is 5.57 Å². The van der Waals surface area contributed by atoms with Crippen molar-refractivity contribution in [3.05, 3.63) is 290 Å². The van der Waals surface area contributed by atoms with Crippen molar-refractivity contribution in [1.29, 1.82) is 0 Å². The van der Waals surface area contributed by atoms with Crippen molar-refractivity contribution in [3.8, 4) is 44.8 Å². The third-order valence-corrected chi connectivity index (χ3v) is 22.5. The number of hydrogen-bond acceptors (Lipinski definition) is 2. The molecule has 11 aromatic carbocycles. The summed E-state index contributed by atoms with van der Waals surface area (Å²) >= 11 is 0. The smallest absolute Gasteiger partial charge is 0.252 e. The van der Waals surface area contributed by atoms with Crippen LogP contribution in [-0.4, -0.2) is 21.9 Å². The first-order valence-electron chi connectivity index (χ1n) is 37.9. The molecule has 0 spiro atoms. The van der Waals surface area contributed by atoms with E-state index in [-0.39, 0.29) is 65.2 Å². The van der Waals surface area contributed by atoms with Crippen LogP contribution in [0.5, 0.6) is 0 Å². The van der Waals surface area contributed by atoms with Gasteiger partial charge in [-0.05, 0) is 197 Å². The van der Waals surface area contributed by atoms with E-state index in [1.165, 1.54) is 44.6 Å². The molecule has 4 unspecified atom stereocenters. The third kappa shape index (κ3) is 9.84. The van der Waals surface area contributed by atoms with Crippen LogP contribution in [0.4, 0.5) is 28.4 Å². The van der Waals surface area contributed by atoms with Crippen LogP contribution in [0, 0.1) is 23.2 Å². The predicted octanol–water partition coefficient (Wildman–Crippen LogP) is 22.8. The van der Waals surface area contributed by atoms with Crippen LogP contribution in [0.1, 0.15) is 105 Å². The summed E-state index contributed by atoms with van der Waals surface area (Å²) in [5, 5.41) is 4.74. The molecule has 3 aliphatic carbocycles. The lowest BCUT2D eigenvalue weighted by atomic mass is 9.33. The number of benzene rings is 11. The van der Waals surface area contributed by atoms with E-state index in [0.717, 1.165) is 140 Å². The Morgan fingerprint density at radius 2 is 1.02 bits per heavy atom. The zero-order valence-corrected chi connectivity index (χ0v) is 56.4. The van der Waals surface area contributed by atoms with Crippen LogP contribution in [0.2, 0.25) is 0 Å². The molecule has 2 aromatic heterocycles. The largest absolute Gasteiger partial charge is 0.334 e. The highest BCUT2D eigenvalue weighted by Gasteiger charge is 2.50. The topological polar surface area (TPSA) is 16.3 Å². The van der Waals surface area contributed by atoms with Gasteiger partial charge in [-0.15, -0.1) is 0 Å². The standard InChI is InChI=1S/C92H83BN4/c1-91(2,3)66-54-74(61-32-14-8-15-33-61)89(75(55-66)62-34-16-9-17-35-62)96-84-58-68(94-80-44-26-22-40-70(80)71-41-23-27-45-81(71)94)48-50-78(84)93-79-51-49-69(95-82-46-28-24-42-72(82)73-43-25-29-47-83(73)95)59-85(79)97(87-53-65(52-86(96)88(87)93)60-30-12-7-13-31-60)90-76(63-36-18-10-19-37-63)56-67(92(4,5)6)57-77(90)64-38-20-11-21-39-64/h7-10,12-18,22-35,38,40-56,58-59,63,67,77,90H,11,19-21,36-37,39,57H2,1-6H3/i7D,12D,13D,30D,31D. The molecule has 0 fully saturated rings. The predicted molar refractivity (Wildman–Crippen MR) is 414 cm³/mol. The molecule has 13 aromatic rings. The summed E-state index contributed by atoms with van der Waals surface area (Å²) in [6, 6.07) is 79.1. The zero-order valence-electron chi connectivity index (χ0n) is 61.4. The van der Waals surface area contributed by atoms with Crippen LogP contribution >= 0.6 is 0 Å². The Balaban J connectivity index is 1.04. The second-order valence-corrected chi connectivity index (χ2v) is 30.1. The molecule has 2 aliphatic heterocycles. The van der Waals surface area contributed by atoms with E-state index in [4.69, 9.17) is 1.37 Å². The summed E-state index contributed by atoms with van der Waals surface area (Å²) in [4.78, 5) is 5.35. The van der Waals surface area contributed by atoms with Gasteiger partial charge in [0.15, 0.2) is 0 Å². The summed E-state index contributed by atoms with van der Waals surface area (Å²) in [6.45, 7) is 13.9. The summed E-state index contributed by atoms with van der Waals surface area (Å²) in [6.07, 6.45) is 18.5. The Morgan fingerprint density at radius 3 is 1.55 bits per heavy atom. The van der Waals surface area contributed by atoms with Crippen molar-refractivity contribution >= 4 is 95.1 Å². The molecule has 0 N–H and O–H groups in total. The summed E-state index contributed by atoms with van der Waals surface area (Å²) in [7, 11) is 0. The molecular formula is C92H83BN4. The highest BCUT2D eigenvalue weighted by atomic mass is 15.2. The van der Waals surface area contributed by atoms with Crippen LogP contribution in [0.3, 0.4) is 0 Å². The fourth-order valence-corrected chi connectivity index (χ4v) is 17.7. The van der Waals surface area contributed by atoms with E-state index in [0.29, 0.717) is 11.5 Å². The van der Waals surface area contributed by atoms with E-state index < -0.39 is 6.04 Å². The molecule has 97 heavy (non-hydrogen) atoms. The second kappa shape index (κ2) is 23.3. The highest BCUT2D eigenvalue weighted by Crippen LogP contribution is 2.56. The molecule has 5 aliphatic rings. The molecule has 4 atom stereocenters. The van der Waals surface area contributed by atoms with Crippen molar-refractivity contribution in [2.75, 3.05) is 9.80 Å². The lowest BCUT2D eigenvalue weighted by Crippen LogP contribution is -2.64. The van der Waals surface area contributed by atoms with Gasteiger partial charge in [0, 0.05) is 72.7 Å². The van der Waals surface area contributed by atoms with Gasteiger partial charge in [0.1, 0.15) is 0 Å². The number of allylic oxidation sites excluding steroid dienone is 4. The fourth-order valence-electron chi connectivity index (χ4n) is 17.7. The van der Waals surface area contributed by atoms with Gasteiger partial charge in [-0.1, -0.05) is 247 Å². The SMILES string of the molecule is [2H]c1c([2H])c([2H])c(-c2cc3c4c(c2)N(C2C(C5CC=CCC5)=CC(C(C)(C)C)CC2C2=CCCCC2)c2cc(-n5c6ccccc6c6ccccc65)ccc2B4c2ccc(-n4c5ccccc5c5ccccc54)cc2N3c2c(-c3ccccc3)cc(C(C)(C)C)cc2-c2ccccc2)c([2H])c1[2H]. The van der Waals surface area contributed by atoms with Crippen LogP contribution in [0.15, 0.2) is 284 Å². The first-order valence-corrected chi connectivity index (χ1v) is 35.4.